The number of esters is 1. The lowest BCUT2D eigenvalue weighted by Crippen LogP contribution is -2.29. The topological polar surface area (TPSA) is 69.0 Å². The molecule has 1 unspecified atom stereocenters. The van der Waals surface area contributed by atoms with E-state index in [9.17, 15) is 4.79 Å². The summed E-state index contributed by atoms with van der Waals surface area (Å²) in [4.78, 5) is 17.8. The molecule has 1 aliphatic heterocycles. The molecule has 2 aromatic rings. The van der Waals surface area contributed by atoms with Crippen molar-refractivity contribution in [3.05, 3.63) is 47.4 Å². The second-order valence-electron chi connectivity index (χ2n) is 5.09. The molecule has 3 rings (SSSR count). The van der Waals surface area contributed by atoms with Crippen molar-refractivity contribution in [2.24, 2.45) is 0 Å². The van der Waals surface area contributed by atoms with E-state index in [1.807, 2.05) is 37.4 Å². The average Bonchev–Trinajstić information content (AvgIpc) is 3.01. The minimum atomic E-state index is -0.344. The maximum atomic E-state index is 12.5. The highest BCUT2D eigenvalue weighted by Crippen LogP contribution is 2.35. The van der Waals surface area contributed by atoms with E-state index in [4.69, 9.17) is 4.74 Å². The number of nitrogens with zero attached hydrogens (tertiary/aromatic N) is 3. The molecule has 6 nitrogen and oxygen atoms in total. The molecule has 23 heavy (non-hydrogen) atoms. The molecule has 0 amide bonds. The highest BCUT2D eigenvalue weighted by Gasteiger charge is 2.34. The molecule has 0 aliphatic carbocycles. The van der Waals surface area contributed by atoms with Gasteiger partial charge in [0.05, 0.1) is 12.2 Å². The Bertz CT molecular complexity index is 752. The fraction of sp³-hybridized carbons (Fsp3) is 0.312. The molecule has 120 valence electrons. The smallest absolute Gasteiger partial charge is 0.338 e. The second kappa shape index (κ2) is 6.45. The van der Waals surface area contributed by atoms with Crippen molar-refractivity contribution < 1.29 is 9.53 Å². The van der Waals surface area contributed by atoms with Crippen LogP contribution in [0.15, 0.2) is 46.8 Å². The van der Waals surface area contributed by atoms with Crippen molar-refractivity contribution in [1.82, 2.24) is 14.8 Å². The van der Waals surface area contributed by atoms with Crippen LogP contribution in [0.25, 0.3) is 0 Å². The van der Waals surface area contributed by atoms with Crippen LogP contribution in [0.4, 0.5) is 5.95 Å². The minimum absolute atomic E-state index is 0.331. The van der Waals surface area contributed by atoms with Gasteiger partial charge >= 0.3 is 5.97 Å². The quantitative estimate of drug-likeness (QED) is 0.687. The second-order valence-corrected chi connectivity index (χ2v) is 5.97. The van der Waals surface area contributed by atoms with E-state index in [0.29, 0.717) is 18.1 Å². The first-order valence-corrected chi connectivity index (χ1v) is 8.56. The Morgan fingerprint density at radius 2 is 2.13 bits per heavy atom. The van der Waals surface area contributed by atoms with Gasteiger partial charge in [-0.1, -0.05) is 12.1 Å². The van der Waals surface area contributed by atoms with Gasteiger partial charge in [-0.05, 0) is 37.8 Å². The van der Waals surface area contributed by atoms with E-state index >= 15 is 0 Å². The van der Waals surface area contributed by atoms with Crippen LogP contribution in [-0.4, -0.2) is 33.6 Å². The number of thioether (sulfide) groups is 1. The Labute approximate surface area is 138 Å². The van der Waals surface area contributed by atoms with Crippen LogP contribution in [0, 0.1) is 0 Å². The third-order valence-electron chi connectivity index (χ3n) is 3.72. The van der Waals surface area contributed by atoms with Crippen LogP contribution in [0.2, 0.25) is 0 Å². The molecule has 0 fully saturated rings. The summed E-state index contributed by atoms with van der Waals surface area (Å²) in [5, 5.41) is 7.40. The van der Waals surface area contributed by atoms with Crippen molar-refractivity contribution in [2.45, 2.75) is 24.8 Å². The fourth-order valence-corrected chi connectivity index (χ4v) is 3.07. The number of hydrogen-bond acceptors (Lipinski definition) is 6. The first-order valence-electron chi connectivity index (χ1n) is 7.34. The molecular formula is C16H18N4O2S. The monoisotopic (exact) mass is 330 g/mol. The summed E-state index contributed by atoms with van der Waals surface area (Å²) in [6.45, 7) is 3.98. The van der Waals surface area contributed by atoms with Gasteiger partial charge in [-0.2, -0.15) is 10.1 Å². The lowest BCUT2D eigenvalue weighted by molar-refractivity contribution is -0.139. The number of aromatic nitrogens is 3. The molecule has 0 radical (unpaired) electrons. The molecule has 0 bridgehead atoms. The summed E-state index contributed by atoms with van der Waals surface area (Å²) in [6, 6.07) is 7.76. The Morgan fingerprint density at radius 1 is 1.39 bits per heavy atom. The van der Waals surface area contributed by atoms with Crippen molar-refractivity contribution in [3.63, 3.8) is 0 Å². The van der Waals surface area contributed by atoms with E-state index < -0.39 is 0 Å². The highest BCUT2D eigenvalue weighted by atomic mass is 32.2. The van der Waals surface area contributed by atoms with Gasteiger partial charge in [0.25, 0.3) is 0 Å². The van der Waals surface area contributed by atoms with Crippen molar-refractivity contribution in [2.75, 3.05) is 18.2 Å². The molecule has 0 saturated carbocycles. The zero-order valence-electron chi connectivity index (χ0n) is 13.2. The predicted octanol–water partition coefficient (Wildman–Crippen LogP) is 2.85. The molecule has 1 aromatic carbocycles. The summed E-state index contributed by atoms with van der Waals surface area (Å²) in [5.74, 6) is 0.284. The van der Waals surface area contributed by atoms with Crippen molar-refractivity contribution in [3.8, 4) is 0 Å². The first-order chi connectivity index (χ1) is 11.2. The Hall–Kier alpha value is -2.28. The molecule has 1 aromatic heterocycles. The van der Waals surface area contributed by atoms with Crippen LogP contribution in [-0.2, 0) is 9.53 Å². The van der Waals surface area contributed by atoms with Gasteiger partial charge in [-0.25, -0.2) is 9.48 Å². The van der Waals surface area contributed by atoms with Crippen LogP contribution >= 0.6 is 11.8 Å². The number of carbonyl (C=O) groups is 1. The number of rotatable bonds is 4. The largest absolute Gasteiger partial charge is 0.463 e. The lowest BCUT2D eigenvalue weighted by atomic mass is 9.96. The van der Waals surface area contributed by atoms with E-state index in [1.165, 1.54) is 11.2 Å². The van der Waals surface area contributed by atoms with Crippen LogP contribution in [0.3, 0.4) is 0 Å². The van der Waals surface area contributed by atoms with E-state index in [2.05, 4.69) is 15.4 Å². The highest BCUT2D eigenvalue weighted by molar-refractivity contribution is 7.98. The van der Waals surface area contributed by atoms with Gasteiger partial charge in [0.15, 0.2) is 0 Å². The molecule has 1 N–H and O–H groups in total. The van der Waals surface area contributed by atoms with Gasteiger partial charge < -0.3 is 10.1 Å². The van der Waals surface area contributed by atoms with Crippen molar-refractivity contribution >= 4 is 23.7 Å². The minimum Gasteiger partial charge on any atom is -0.463 e. The molecule has 0 saturated heterocycles. The molecule has 1 atom stereocenters. The van der Waals surface area contributed by atoms with Gasteiger partial charge in [0.2, 0.25) is 5.95 Å². The first kappa shape index (κ1) is 15.6. The molecule has 0 spiro atoms. The third kappa shape index (κ3) is 2.84. The number of anilines is 1. The summed E-state index contributed by atoms with van der Waals surface area (Å²) in [6.07, 6.45) is 3.51. The molecule has 7 heteroatoms. The number of benzene rings is 1. The van der Waals surface area contributed by atoms with E-state index in [1.54, 1.807) is 23.4 Å². The van der Waals surface area contributed by atoms with Crippen LogP contribution in [0.1, 0.15) is 25.5 Å². The maximum absolute atomic E-state index is 12.5. The zero-order valence-corrected chi connectivity index (χ0v) is 14.1. The number of fused-ring (bicyclic) bond motifs is 1. The van der Waals surface area contributed by atoms with E-state index in [0.717, 1.165) is 11.3 Å². The van der Waals surface area contributed by atoms with Gasteiger partial charge in [-0.15, -0.1) is 11.8 Å². The Morgan fingerprint density at radius 3 is 2.78 bits per heavy atom. The fourth-order valence-electron chi connectivity index (χ4n) is 2.66. The number of carbonyl (C=O) groups excluding carboxylic acids is 1. The third-order valence-corrected chi connectivity index (χ3v) is 4.46. The standard InChI is InChI=1S/C16H18N4O2S/c1-4-22-15(21)13-10(2)19-16-17-9-18-20(16)14(13)11-5-7-12(23-3)8-6-11/h5-9,14H,4H2,1-3H3,(H,17,18,19). The molecule has 1 aliphatic rings. The van der Waals surface area contributed by atoms with Crippen LogP contribution in [0.5, 0.6) is 0 Å². The normalized spacial score (nSPS) is 16.7. The summed E-state index contributed by atoms with van der Waals surface area (Å²) in [5.41, 5.74) is 2.27. The predicted molar refractivity (Wildman–Crippen MR) is 89.3 cm³/mol. The van der Waals surface area contributed by atoms with Gasteiger partial charge in [-0.3, -0.25) is 0 Å². The zero-order chi connectivity index (χ0) is 16.4. The maximum Gasteiger partial charge on any atom is 0.338 e. The summed E-state index contributed by atoms with van der Waals surface area (Å²) in [7, 11) is 0. The number of ether oxygens (including phenoxy) is 1. The SMILES string of the molecule is CCOC(=O)C1=C(C)Nc2ncnn2C1c1ccc(SC)cc1. The van der Waals surface area contributed by atoms with Gasteiger partial charge in [0.1, 0.15) is 12.4 Å². The number of allylic oxidation sites excluding steroid dienone is 1. The van der Waals surface area contributed by atoms with Crippen LogP contribution < -0.4 is 5.32 Å². The van der Waals surface area contributed by atoms with Gasteiger partial charge in [0, 0.05) is 10.6 Å². The molecular weight excluding hydrogens is 312 g/mol. The van der Waals surface area contributed by atoms with Crippen molar-refractivity contribution in [1.29, 1.82) is 0 Å². The number of hydrogen-bond donors (Lipinski definition) is 1. The lowest BCUT2D eigenvalue weighted by Gasteiger charge is -2.28. The Balaban J connectivity index is 2.10. The molecule has 2 heterocycles. The van der Waals surface area contributed by atoms with E-state index in [-0.39, 0.29) is 12.0 Å². The Kier molecular flexibility index (Phi) is 4.38. The number of nitrogens with one attached hydrogen (secondary N) is 1. The summed E-state index contributed by atoms with van der Waals surface area (Å²) >= 11 is 1.68. The average molecular weight is 330 g/mol. The summed E-state index contributed by atoms with van der Waals surface area (Å²) < 4.78 is 6.95.